The number of oxazole rings is 1. The maximum Gasteiger partial charge on any atom is 0.405 e. The Hall–Kier alpha value is -5.90. The summed E-state index contributed by atoms with van der Waals surface area (Å²) in [5.74, 6) is -0.899. The number of halogens is 3. The van der Waals surface area contributed by atoms with E-state index in [-0.39, 0.29) is 47.6 Å². The van der Waals surface area contributed by atoms with Gasteiger partial charge in [0, 0.05) is 51.1 Å². The highest BCUT2D eigenvalue weighted by Gasteiger charge is 2.33. The minimum atomic E-state index is -4.43. The summed E-state index contributed by atoms with van der Waals surface area (Å²) in [7, 11) is 1.71. The van der Waals surface area contributed by atoms with E-state index in [0.29, 0.717) is 41.4 Å². The Morgan fingerprint density at radius 2 is 1.83 bits per heavy atom. The average molecular weight is 920 g/mol. The molecule has 21 heteroatoms. The van der Waals surface area contributed by atoms with E-state index in [1.54, 1.807) is 31.7 Å². The Kier molecular flexibility index (Phi) is 13.8. The molecule has 1 saturated carbocycles. The third-order valence-corrected chi connectivity index (χ3v) is 12.6. The molecular formula is C45H56F3N11O7. The Bertz CT molecular complexity index is 2600. The predicted octanol–water partition coefficient (Wildman–Crippen LogP) is 4.67. The van der Waals surface area contributed by atoms with Crippen molar-refractivity contribution in [2.24, 2.45) is 13.0 Å². The molecule has 5 N–H and O–H groups in total. The number of anilines is 2. The van der Waals surface area contributed by atoms with Gasteiger partial charge in [0.25, 0.3) is 5.91 Å². The molecule has 6 heterocycles. The second-order valence-corrected chi connectivity index (χ2v) is 18.1. The molecule has 0 spiro atoms. The number of carbonyl (C=O) groups excluding carboxylic acids is 3. The summed E-state index contributed by atoms with van der Waals surface area (Å²) in [6, 6.07) is 8.15. The fourth-order valence-electron chi connectivity index (χ4n) is 9.14. The first-order valence-corrected chi connectivity index (χ1v) is 22.4. The van der Waals surface area contributed by atoms with Crippen molar-refractivity contribution >= 4 is 40.3 Å². The van der Waals surface area contributed by atoms with Gasteiger partial charge in [-0.2, -0.15) is 18.3 Å². The maximum atomic E-state index is 13.3. The standard InChI is InChI=1S/C45H56F3N11O7/c1-44(2,64)39-32(52-40(61)33-25-66-42(53-33)29-14-15-50-37(20-29)51-26-45(46,47)48)24-58(55-39)30-9-6-28(7-10-30)21-49-22-31-23-57(17-18-65-31)16-4-5-27-8-11-34-36(19-27)56(3)43(63)59(34)35-12-13-38(60)54-41(35)62/h8,11,14-15,19-20,24-25,28,30-31,35,49,64H,4-7,9-10,12-13,16-18,21-23,26H2,1-3H3,(H,50,51)(H,52,61)(H,54,60,62)/t28?,30?,31-,35?/m0/s1. The van der Waals surface area contributed by atoms with Crippen LogP contribution in [-0.2, 0) is 33.4 Å². The molecule has 2 atom stereocenters. The number of hydrogen-bond donors (Lipinski definition) is 5. The summed E-state index contributed by atoms with van der Waals surface area (Å²) in [6.07, 6.45) is 5.80. The Morgan fingerprint density at radius 1 is 1.03 bits per heavy atom. The first-order valence-electron chi connectivity index (χ1n) is 22.4. The van der Waals surface area contributed by atoms with Crippen LogP contribution >= 0.6 is 0 Å². The van der Waals surface area contributed by atoms with Crippen molar-refractivity contribution in [3.63, 3.8) is 0 Å². The molecule has 3 aliphatic rings. The number of carbonyl (C=O) groups is 3. The molecule has 5 aromatic rings. The third-order valence-electron chi connectivity index (χ3n) is 12.6. The number of morpholine rings is 1. The van der Waals surface area contributed by atoms with Crippen LogP contribution in [0.2, 0.25) is 0 Å². The van der Waals surface area contributed by atoms with Crippen LogP contribution in [0.25, 0.3) is 22.5 Å². The number of aryl methyl sites for hydroxylation is 2. The number of imidazole rings is 1. The lowest BCUT2D eigenvalue weighted by molar-refractivity contribution is -0.135. The Morgan fingerprint density at radius 3 is 2.59 bits per heavy atom. The summed E-state index contributed by atoms with van der Waals surface area (Å²) in [5, 5.41) is 26.7. The van der Waals surface area contributed by atoms with Crippen molar-refractivity contribution in [3.8, 4) is 11.5 Å². The van der Waals surface area contributed by atoms with Gasteiger partial charge in [0.2, 0.25) is 17.7 Å². The largest absolute Gasteiger partial charge is 0.444 e. The molecule has 354 valence electrons. The summed E-state index contributed by atoms with van der Waals surface area (Å²) >= 11 is 0. The third kappa shape index (κ3) is 11.0. The molecule has 0 radical (unpaired) electrons. The van der Waals surface area contributed by atoms with Gasteiger partial charge in [0.1, 0.15) is 36.0 Å². The normalized spacial score (nSPS) is 21.0. The van der Waals surface area contributed by atoms with E-state index in [2.05, 4.69) is 36.1 Å². The van der Waals surface area contributed by atoms with Crippen molar-refractivity contribution in [1.29, 1.82) is 0 Å². The summed E-state index contributed by atoms with van der Waals surface area (Å²) in [5.41, 5.74) is 1.81. The van der Waals surface area contributed by atoms with Crippen LogP contribution in [0, 0.1) is 5.92 Å². The fraction of sp³-hybridized carbons (Fsp3) is 0.533. The number of nitrogens with zero attached hydrogens (tertiary/aromatic N) is 7. The molecule has 1 aliphatic carbocycles. The van der Waals surface area contributed by atoms with Crippen LogP contribution in [0.1, 0.15) is 92.6 Å². The van der Waals surface area contributed by atoms with Crippen molar-refractivity contribution in [2.45, 2.75) is 95.2 Å². The fourth-order valence-corrected chi connectivity index (χ4v) is 9.14. The van der Waals surface area contributed by atoms with Crippen LogP contribution in [0.3, 0.4) is 0 Å². The highest BCUT2D eigenvalue weighted by Crippen LogP contribution is 2.35. The van der Waals surface area contributed by atoms with E-state index >= 15 is 0 Å². The molecule has 18 nitrogen and oxygen atoms in total. The lowest BCUT2D eigenvalue weighted by Crippen LogP contribution is -2.47. The topological polar surface area (TPSA) is 216 Å². The number of imide groups is 1. The van der Waals surface area contributed by atoms with Gasteiger partial charge >= 0.3 is 11.9 Å². The molecular weight excluding hydrogens is 864 g/mol. The number of piperidine rings is 1. The molecule has 1 unspecified atom stereocenters. The lowest BCUT2D eigenvalue weighted by atomic mass is 9.86. The Labute approximate surface area is 378 Å². The van der Waals surface area contributed by atoms with Crippen LogP contribution in [0.4, 0.5) is 24.7 Å². The molecule has 0 bridgehead atoms. The molecule has 3 fully saturated rings. The number of pyridine rings is 1. The minimum Gasteiger partial charge on any atom is -0.444 e. The second kappa shape index (κ2) is 19.5. The average Bonchev–Trinajstić information content (AvgIpc) is 4.01. The maximum absolute atomic E-state index is 13.3. The van der Waals surface area contributed by atoms with Crippen LogP contribution in [0.15, 0.2) is 58.2 Å². The van der Waals surface area contributed by atoms with Gasteiger partial charge in [-0.05, 0) is 108 Å². The molecule has 2 aliphatic heterocycles. The van der Waals surface area contributed by atoms with Crippen molar-refractivity contribution in [1.82, 2.24) is 44.4 Å². The molecule has 1 aromatic carbocycles. The number of aromatic nitrogens is 6. The molecule has 2 saturated heterocycles. The van der Waals surface area contributed by atoms with Gasteiger partial charge in [-0.25, -0.2) is 14.8 Å². The predicted molar refractivity (Wildman–Crippen MR) is 237 cm³/mol. The van der Waals surface area contributed by atoms with E-state index in [9.17, 15) is 37.5 Å². The summed E-state index contributed by atoms with van der Waals surface area (Å²) in [6.45, 7) is 6.81. The zero-order valence-electron chi connectivity index (χ0n) is 37.2. The first-order chi connectivity index (χ1) is 31.5. The van der Waals surface area contributed by atoms with Crippen LogP contribution in [0.5, 0.6) is 0 Å². The van der Waals surface area contributed by atoms with Gasteiger partial charge in [-0.3, -0.25) is 38.4 Å². The number of hydrogen-bond acceptors (Lipinski definition) is 13. The van der Waals surface area contributed by atoms with E-state index in [0.717, 1.165) is 88.6 Å². The van der Waals surface area contributed by atoms with E-state index in [1.165, 1.54) is 22.9 Å². The van der Waals surface area contributed by atoms with Gasteiger partial charge < -0.3 is 30.2 Å². The number of alkyl halides is 3. The van der Waals surface area contributed by atoms with Crippen molar-refractivity contribution in [3.05, 3.63) is 76.4 Å². The summed E-state index contributed by atoms with van der Waals surface area (Å²) in [4.78, 5) is 61.3. The number of nitrogens with one attached hydrogen (secondary N) is 4. The quantitative estimate of drug-likeness (QED) is 0.0852. The monoisotopic (exact) mass is 919 g/mol. The summed E-state index contributed by atoms with van der Waals surface area (Å²) < 4.78 is 54.6. The number of ether oxygens (including phenoxy) is 1. The SMILES string of the molecule is Cn1c(=O)n(C2CCC(=O)NC2=O)c2ccc(CCCN3CCO[C@@H](CNCC4CCC(n5cc(NC(=O)c6coc(-c7ccnc(NCC(F)(F)F)c7)n6)c(C(C)(C)O)n5)CC4)C3)cc21. The highest BCUT2D eigenvalue weighted by molar-refractivity contribution is 6.03. The highest BCUT2D eigenvalue weighted by atomic mass is 19.4. The number of fused-ring (bicyclic) bond motifs is 1. The van der Waals surface area contributed by atoms with Crippen LogP contribution in [-0.4, -0.2) is 115 Å². The number of rotatable bonds is 16. The number of amides is 3. The Balaban J connectivity index is 0.779. The smallest absolute Gasteiger partial charge is 0.405 e. The van der Waals surface area contributed by atoms with Gasteiger partial charge in [-0.1, -0.05) is 6.07 Å². The molecule has 8 rings (SSSR count). The van der Waals surface area contributed by atoms with Crippen LogP contribution < -0.4 is 27.0 Å². The zero-order valence-corrected chi connectivity index (χ0v) is 37.2. The van der Waals surface area contributed by atoms with Gasteiger partial charge in [0.05, 0.1) is 35.5 Å². The van der Waals surface area contributed by atoms with E-state index in [1.807, 2.05) is 22.9 Å². The number of benzene rings is 1. The second-order valence-electron chi connectivity index (χ2n) is 18.1. The van der Waals surface area contributed by atoms with Gasteiger partial charge in [-0.15, -0.1) is 0 Å². The van der Waals surface area contributed by atoms with Crippen molar-refractivity contribution < 1.29 is 41.8 Å². The minimum absolute atomic E-state index is 0.0220. The molecule has 3 amide bonds. The molecule has 66 heavy (non-hydrogen) atoms. The van der Waals surface area contributed by atoms with Crippen molar-refractivity contribution in [2.75, 3.05) is 56.5 Å². The number of aliphatic hydroxyl groups is 1. The van der Waals surface area contributed by atoms with E-state index < -0.39 is 36.2 Å². The lowest BCUT2D eigenvalue weighted by Gasteiger charge is -2.34. The first kappa shape index (κ1) is 46.6. The molecule has 4 aromatic heterocycles. The zero-order chi connectivity index (χ0) is 46.8. The van der Waals surface area contributed by atoms with E-state index in [4.69, 9.17) is 14.3 Å². The van der Waals surface area contributed by atoms with Gasteiger partial charge in [0.15, 0.2) is 5.69 Å².